The summed E-state index contributed by atoms with van der Waals surface area (Å²) in [6, 6.07) is 50.9. The summed E-state index contributed by atoms with van der Waals surface area (Å²) < 4.78 is 101. The average molecular weight is 823 g/mol. The van der Waals surface area contributed by atoms with Crippen molar-refractivity contribution in [2.75, 3.05) is 0 Å². The van der Waals surface area contributed by atoms with Gasteiger partial charge in [-0.2, -0.15) is 13.2 Å². The molecule has 0 heterocycles. The zero-order chi connectivity index (χ0) is 42.4. The van der Waals surface area contributed by atoms with Crippen LogP contribution in [0, 0.1) is 23.3 Å². The van der Waals surface area contributed by atoms with Crippen LogP contribution in [0.3, 0.4) is 0 Å². The first kappa shape index (κ1) is 37.5. The molecule has 0 radical (unpaired) electrons. The molecule has 0 aliphatic heterocycles. The van der Waals surface area contributed by atoms with Crippen molar-refractivity contribution in [3.05, 3.63) is 205 Å². The molecule has 0 bridgehead atoms. The van der Waals surface area contributed by atoms with Gasteiger partial charge in [0, 0.05) is 0 Å². The summed E-state index contributed by atoms with van der Waals surface area (Å²) in [5.74, 6) is -4.64. The molecule has 0 nitrogen and oxygen atoms in total. The molecule has 7 heteroatoms. The van der Waals surface area contributed by atoms with Crippen LogP contribution in [0.5, 0.6) is 0 Å². The third-order valence-electron chi connectivity index (χ3n) is 12.1. The van der Waals surface area contributed by atoms with Crippen LogP contribution in [0.1, 0.15) is 5.56 Å². The molecule has 62 heavy (non-hydrogen) atoms. The molecule has 0 atom stereocenters. The summed E-state index contributed by atoms with van der Waals surface area (Å²) in [6.07, 6.45) is -4.56. The van der Waals surface area contributed by atoms with Gasteiger partial charge in [-0.15, -0.1) is 0 Å². The minimum atomic E-state index is -4.56. The Morgan fingerprint density at radius 1 is 0.306 bits per heavy atom. The van der Waals surface area contributed by atoms with Crippen molar-refractivity contribution in [1.29, 1.82) is 0 Å². The van der Waals surface area contributed by atoms with Crippen molar-refractivity contribution >= 4 is 64.6 Å². The smallest absolute Gasteiger partial charge is 0.207 e. The molecule has 0 amide bonds. The van der Waals surface area contributed by atoms with E-state index in [0.29, 0.717) is 33.0 Å². The molecule has 298 valence electrons. The first-order chi connectivity index (χ1) is 30.0. The molecule has 0 spiro atoms. The molecule has 0 aliphatic rings. The van der Waals surface area contributed by atoms with E-state index in [4.69, 9.17) is 0 Å². The molecule has 0 aliphatic carbocycles. The van der Waals surface area contributed by atoms with Crippen LogP contribution in [-0.2, 0) is 6.18 Å². The van der Waals surface area contributed by atoms with Crippen LogP contribution in [-0.4, -0.2) is 0 Å². The zero-order valence-corrected chi connectivity index (χ0v) is 32.4. The molecule has 11 rings (SSSR count). The van der Waals surface area contributed by atoms with Gasteiger partial charge >= 0.3 is 6.18 Å². The van der Waals surface area contributed by atoms with E-state index < -0.39 is 35.0 Å². The molecule has 0 N–H and O–H groups in total. The number of fused-ring (bicyclic) bond motifs is 8. The van der Waals surface area contributed by atoms with E-state index in [2.05, 4.69) is 18.2 Å². The van der Waals surface area contributed by atoms with Crippen LogP contribution in [0.2, 0.25) is 0 Å². The highest BCUT2D eigenvalue weighted by Gasteiger charge is 2.31. The number of halogens is 7. The lowest BCUT2D eigenvalue weighted by atomic mass is 9.81. The molecule has 0 saturated carbocycles. The number of hydrogen-bond acceptors (Lipinski definition) is 0. The normalized spacial score (nSPS) is 12.1. The summed E-state index contributed by atoms with van der Waals surface area (Å²) in [6.45, 7) is 0. The second-order valence-corrected chi connectivity index (χ2v) is 15.6. The second kappa shape index (κ2) is 14.0. The predicted molar refractivity (Wildman–Crippen MR) is 238 cm³/mol. The number of hydrogen-bond donors (Lipinski definition) is 0. The Morgan fingerprint density at radius 3 is 1.39 bits per heavy atom. The van der Waals surface area contributed by atoms with Crippen molar-refractivity contribution in [3.63, 3.8) is 0 Å². The van der Waals surface area contributed by atoms with Crippen molar-refractivity contribution in [2.24, 2.45) is 0 Å². The zero-order valence-electron chi connectivity index (χ0n) is 32.4. The van der Waals surface area contributed by atoms with E-state index >= 15 is 4.39 Å². The highest BCUT2D eigenvalue weighted by molar-refractivity contribution is 6.29. The monoisotopic (exact) mass is 822 g/mol. The summed E-state index contributed by atoms with van der Waals surface area (Å²) in [5.41, 5.74) is 3.80. The standard InChI is InChI=1S/C55H29F7/c56-37-18-21-39-35(23-37)27-47(43-15-6-4-13-41(39)43)53-44-19-16-31(30-9-7-10-36(22-30)55(60,61)62)24-48(44)52(46-26-33-8-1-2-11-38(33)40-12-3-5-14-42(40)46)45-20-17-32(25-49(45)53)34-28-50(57)54(59)51(58)29-34/h1-29H. The molecule has 11 aromatic rings. The van der Waals surface area contributed by atoms with Gasteiger partial charge in [0.2, 0.25) is 0 Å². The van der Waals surface area contributed by atoms with Crippen LogP contribution < -0.4 is 0 Å². The minimum Gasteiger partial charge on any atom is -0.207 e. The van der Waals surface area contributed by atoms with E-state index in [1.165, 1.54) is 18.2 Å². The fraction of sp³-hybridized carbons (Fsp3) is 0.0182. The second-order valence-electron chi connectivity index (χ2n) is 15.6. The van der Waals surface area contributed by atoms with Gasteiger partial charge in [-0.25, -0.2) is 17.6 Å². The molecule has 11 aromatic carbocycles. The lowest BCUT2D eigenvalue weighted by molar-refractivity contribution is -0.137. The maximum absolute atomic E-state index is 15.0. The SMILES string of the molecule is Fc1ccc2c(c1)cc(-c1c3ccc(-c4cccc(C(F)(F)F)c4)cc3c(-c3cc4ccccc4c4ccccc34)c3ccc(-c4cc(F)c(F)c(F)c4)cc13)c1ccccc12. The van der Waals surface area contributed by atoms with Gasteiger partial charge in [0.1, 0.15) is 5.82 Å². The number of rotatable bonds is 4. The Balaban J connectivity index is 1.35. The largest absolute Gasteiger partial charge is 0.416 e. The molecular weight excluding hydrogens is 794 g/mol. The van der Waals surface area contributed by atoms with Crippen LogP contribution in [0.25, 0.3) is 109 Å². The van der Waals surface area contributed by atoms with Crippen LogP contribution in [0.4, 0.5) is 30.7 Å². The van der Waals surface area contributed by atoms with Crippen molar-refractivity contribution < 1.29 is 30.7 Å². The third-order valence-corrected chi connectivity index (χ3v) is 12.1. The molecule has 0 fully saturated rings. The predicted octanol–water partition coefficient (Wildman–Crippen LogP) is 16.8. The fourth-order valence-electron chi connectivity index (χ4n) is 9.32. The van der Waals surface area contributed by atoms with E-state index in [0.717, 1.165) is 94.8 Å². The first-order valence-electron chi connectivity index (χ1n) is 19.9. The summed E-state index contributed by atoms with van der Waals surface area (Å²) in [7, 11) is 0. The average Bonchev–Trinajstić information content (AvgIpc) is 3.28. The molecule has 0 aromatic heterocycles. The highest BCUT2D eigenvalue weighted by Crippen LogP contribution is 2.50. The molecular formula is C55H29F7. The van der Waals surface area contributed by atoms with Crippen LogP contribution in [0.15, 0.2) is 176 Å². The third kappa shape index (κ3) is 5.98. The van der Waals surface area contributed by atoms with Crippen molar-refractivity contribution in [3.8, 4) is 44.5 Å². The molecule has 0 unspecified atom stereocenters. The number of benzene rings is 11. The maximum atomic E-state index is 15.0. The highest BCUT2D eigenvalue weighted by atomic mass is 19.4. The maximum Gasteiger partial charge on any atom is 0.416 e. The Morgan fingerprint density at radius 2 is 0.790 bits per heavy atom. The van der Waals surface area contributed by atoms with E-state index in [-0.39, 0.29) is 5.56 Å². The molecule has 0 saturated heterocycles. The van der Waals surface area contributed by atoms with Crippen molar-refractivity contribution in [1.82, 2.24) is 0 Å². The van der Waals surface area contributed by atoms with Gasteiger partial charge in [-0.3, -0.25) is 0 Å². The summed E-state index contributed by atoms with van der Waals surface area (Å²) in [5, 5.41) is 10.0. The van der Waals surface area contributed by atoms with Gasteiger partial charge in [0.05, 0.1) is 5.56 Å². The fourth-order valence-corrected chi connectivity index (χ4v) is 9.32. The summed E-state index contributed by atoms with van der Waals surface area (Å²) >= 11 is 0. The van der Waals surface area contributed by atoms with E-state index in [1.807, 2.05) is 91.0 Å². The Hall–Kier alpha value is -7.51. The van der Waals surface area contributed by atoms with Gasteiger partial charge in [0.25, 0.3) is 0 Å². The van der Waals surface area contributed by atoms with Gasteiger partial charge in [-0.05, 0) is 170 Å². The summed E-state index contributed by atoms with van der Waals surface area (Å²) in [4.78, 5) is 0. The van der Waals surface area contributed by atoms with Crippen molar-refractivity contribution in [2.45, 2.75) is 6.18 Å². The van der Waals surface area contributed by atoms with E-state index in [1.54, 1.807) is 24.3 Å². The first-order valence-corrected chi connectivity index (χ1v) is 19.9. The van der Waals surface area contributed by atoms with Gasteiger partial charge < -0.3 is 0 Å². The Kier molecular flexibility index (Phi) is 8.48. The van der Waals surface area contributed by atoms with E-state index in [9.17, 15) is 26.3 Å². The number of alkyl halides is 3. The Labute approximate surface area is 349 Å². The topological polar surface area (TPSA) is 0 Å². The lowest BCUT2D eigenvalue weighted by Gasteiger charge is -2.22. The quantitative estimate of drug-likeness (QED) is 0.0718. The lowest BCUT2D eigenvalue weighted by Crippen LogP contribution is -2.04. The Bertz CT molecular complexity index is 3650. The van der Waals surface area contributed by atoms with Gasteiger partial charge in [-0.1, -0.05) is 115 Å². The van der Waals surface area contributed by atoms with Gasteiger partial charge in [0.15, 0.2) is 17.5 Å². The van der Waals surface area contributed by atoms with Crippen LogP contribution >= 0.6 is 0 Å². The minimum absolute atomic E-state index is 0.123.